The zero-order valence-electron chi connectivity index (χ0n) is 11.1. The van der Waals surface area contributed by atoms with E-state index in [-0.39, 0.29) is 5.82 Å². The van der Waals surface area contributed by atoms with Gasteiger partial charge in [0.25, 0.3) is 0 Å². The molecule has 1 aromatic carbocycles. The van der Waals surface area contributed by atoms with Gasteiger partial charge in [-0.05, 0) is 31.6 Å². The molecule has 0 radical (unpaired) electrons. The van der Waals surface area contributed by atoms with Crippen molar-refractivity contribution in [3.63, 3.8) is 0 Å². The molecule has 0 unspecified atom stereocenters. The standard InChI is InChI=1S/C14H23FN2/c1-4-17(5-2)9-8-16-11-13-7-6-12(3)10-14(13)15/h6-7,10,16H,4-5,8-9,11H2,1-3H3. The summed E-state index contributed by atoms with van der Waals surface area (Å²) in [7, 11) is 0. The van der Waals surface area contributed by atoms with Crippen LogP contribution >= 0.6 is 0 Å². The van der Waals surface area contributed by atoms with Gasteiger partial charge < -0.3 is 10.2 Å². The molecule has 0 aliphatic heterocycles. The Bertz CT molecular complexity index is 335. The lowest BCUT2D eigenvalue weighted by Gasteiger charge is -2.18. The molecule has 0 amide bonds. The molecule has 1 aromatic rings. The van der Waals surface area contributed by atoms with Crippen LogP contribution in [0.25, 0.3) is 0 Å². The van der Waals surface area contributed by atoms with E-state index < -0.39 is 0 Å². The third-order valence-electron chi connectivity index (χ3n) is 3.02. The van der Waals surface area contributed by atoms with Gasteiger partial charge >= 0.3 is 0 Å². The summed E-state index contributed by atoms with van der Waals surface area (Å²) in [5.74, 6) is -0.111. The maximum Gasteiger partial charge on any atom is 0.127 e. The Labute approximate surface area is 104 Å². The molecule has 1 N–H and O–H groups in total. The zero-order chi connectivity index (χ0) is 12.7. The van der Waals surface area contributed by atoms with Gasteiger partial charge in [0.1, 0.15) is 5.82 Å². The third kappa shape index (κ3) is 4.84. The maximum absolute atomic E-state index is 13.5. The predicted octanol–water partition coefficient (Wildman–Crippen LogP) is 2.57. The van der Waals surface area contributed by atoms with Crippen LogP contribution in [-0.4, -0.2) is 31.1 Å². The first-order valence-electron chi connectivity index (χ1n) is 6.35. The lowest BCUT2D eigenvalue weighted by atomic mass is 10.1. The summed E-state index contributed by atoms with van der Waals surface area (Å²) in [4.78, 5) is 2.35. The molecule has 3 heteroatoms. The molecule has 96 valence electrons. The van der Waals surface area contributed by atoms with Crippen LogP contribution in [0.2, 0.25) is 0 Å². The Morgan fingerprint density at radius 2 is 1.94 bits per heavy atom. The number of hydrogen-bond acceptors (Lipinski definition) is 2. The quantitative estimate of drug-likeness (QED) is 0.734. The molecule has 0 aliphatic rings. The highest BCUT2D eigenvalue weighted by atomic mass is 19.1. The highest BCUT2D eigenvalue weighted by molar-refractivity contribution is 5.23. The molecule has 0 saturated heterocycles. The minimum atomic E-state index is -0.111. The van der Waals surface area contributed by atoms with Gasteiger partial charge in [0.2, 0.25) is 0 Å². The summed E-state index contributed by atoms with van der Waals surface area (Å²) >= 11 is 0. The minimum absolute atomic E-state index is 0.111. The SMILES string of the molecule is CCN(CC)CCNCc1ccc(C)cc1F. The van der Waals surface area contributed by atoms with Crippen molar-refractivity contribution >= 4 is 0 Å². The number of rotatable bonds is 7. The fraction of sp³-hybridized carbons (Fsp3) is 0.571. The van der Waals surface area contributed by atoms with E-state index in [1.165, 1.54) is 0 Å². The number of hydrogen-bond donors (Lipinski definition) is 1. The van der Waals surface area contributed by atoms with Crippen molar-refractivity contribution in [3.05, 3.63) is 35.1 Å². The van der Waals surface area contributed by atoms with Crippen molar-refractivity contribution in [2.75, 3.05) is 26.2 Å². The molecular formula is C14H23FN2. The van der Waals surface area contributed by atoms with Crippen molar-refractivity contribution in [3.8, 4) is 0 Å². The highest BCUT2D eigenvalue weighted by Crippen LogP contribution is 2.09. The van der Waals surface area contributed by atoms with Crippen LogP contribution in [0.1, 0.15) is 25.0 Å². The van der Waals surface area contributed by atoms with E-state index in [1.54, 1.807) is 6.07 Å². The number of likely N-dealkylation sites (N-methyl/N-ethyl adjacent to an activating group) is 1. The van der Waals surface area contributed by atoms with Gasteiger partial charge in [-0.1, -0.05) is 26.0 Å². The lowest BCUT2D eigenvalue weighted by Crippen LogP contribution is -2.31. The molecule has 0 aromatic heterocycles. The van der Waals surface area contributed by atoms with Gasteiger partial charge in [0.15, 0.2) is 0 Å². The van der Waals surface area contributed by atoms with Gasteiger partial charge in [-0.2, -0.15) is 0 Å². The largest absolute Gasteiger partial charge is 0.311 e. The van der Waals surface area contributed by atoms with E-state index in [4.69, 9.17) is 0 Å². The Morgan fingerprint density at radius 1 is 1.24 bits per heavy atom. The third-order valence-corrected chi connectivity index (χ3v) is 3.02. The average molecular weight is 238 g/mol. The number of benzene rings is 1. The average Bonchev–Trinajstić information content (AvgIpc) is 2.32. The van der Waals surface area contributed by atoms with Crippen LogP contribution in [0.5, 0.6) is 0 Å². The van der Waals surface area contributed by atoms with E-state index in [0.717, 1.165) is 37.3 Å². The van der Waals surface area contributed by atoms with Gasteiger partial charge in [-0.3, -0.25) is 0 Å². The van der Waals surface area contributed by atoms with Crippen molar-refractivity contribution < 1.29 is 4.39 Å². The number of aryl methyl sites for hydroxylation is 1. The number of nitrogens with one attached hydrogen (secondary N) is 1. The molecule has 1 rings (SSSR count). The van der Waals surface area contributed by atoms with Crippen LogP contribution in [-0.2, 0) is 6.54 Å². The molecule has 2 nitrogen and oxygen atoms in total. The predicted molar refractivity (Wildman–Crippen MR) is 70.6 cm³/mol. The topological polar surface area (TPSA) is 15.3 Å². The molecular weight excluding hydrogens is 215 g/mol. The van der Waals surface area contributed by atoms with Crippen LogP contribution in [0.4, 0.5) is 4.39 Å². The van der Waals surface area contributed by atoms with E-state index in [0.29, 0.717) is 6.54 Å². The summed E-state index contributed by atoms with van der Waals surface area (Å²) in [6.07, 6.45) is 0. The van der Waals surface area contributed by atoms with Crippen LogP contribution in [0.3, 0.4) is 0 Å². The normalized spacial score (nSPS) is 11.1. The van der Waals surface area contributed by atoms with Crippen LogP contribution in [0, 0.1) is 12.7 Å². The van der Waals surface area contributed by atoms with Crippen molar-refractivity contribution in [1.29, 1.82) is 0 Å². The number of nitrogens with zero attached hydrogens (tertiary/aromatic N) is 1. The fourth-order valence-corrected chi connectivity index (χ4v) is 1.80. The van der Waals surface area contributed by atoms with Crippen molar-refractivity contribution in [2.24, 2.45) is 0 Å². The molecule has 0 fully saturated rings. The Balaban J connectivity index is 2.31. The summed E-state index contributed by atoms with van der Waals surface area (Å²) in [6, 6.07) is 5.39. The first kappa shape index (κ1) is 14.1. The highest BCUT2D eigenvalue weighted by Gasteiger charge is 2.02. The van der Waals surface area contributed by atoms with Crippen molar-refractivity contribution in [2.45, 2.75) is 27.3 Å². The van der Waals surface area contributed by atoms with Crippen LogP contribution < -0.4 is 5.32 Å². The second-order valence-electron chi connectivity index (χ2n) is 4.30. The molecule has 0 bridgehead atoms. The van der Waals surface area contributed by atoms with E-state index in [9.17, 15) is 4.39 Å². The Morgan fingerprint density at radius 3 is 2.53 bits per heavy atom. The zero-order valence-corrected chi connectivity index (χ0v) is 11.1. The molecule has 0 spiro atoms. The first-order chi connectivity index (χ1) is 8.17. The maximum atomic E-state index is 13.5. The summed E-state index contributed by atoms with van der Waals surface area (Å²) in [5, 5.41) is 3.28. The fourth-order valence-electron chi connectivity index (χ4n) is 1.80. The van der Waals surface area contributed by atoms with Gasteiger partial charge in [0, 0.05) is 25.2 Å². The summed E-state index contributed by atoms with van der Waals surface area (Å²) in [6.45, 7) is 10.9. The molecule has 0 atom stereocenters. The van der Waals surface area contributed by atoms with Gasteiger partial charge in [-0.25, -0.2) is 4.39 Å². The molecule has 0 heterocycles. The Kier molecular flexibility index (Phi) is 6.16. The van der Waals surface area contributed by atoms with E-state index in [2.05, 4.69) is 24.1 Å². The van der Waals surface area contributed by atoms with Crippen LogP contribution in [0.15, 0.2) is 18.2 Å². The second kappa shape index (κ2) is 7.41. The smallest absolute Gasteiger partial charge is 0.127 e. The molecule has 17 heavy (non-hydrogen) atoms. The van der Waals surface area contributed by atoms with Gasteiger partial charge in [-0.15, -0.1) is 0 Å². The number of halogens is 1. The minimum Gasteiger partial charge on any atom is -0.311 e. The second-order valence-corrected chi connectivity index (χ2v) is 4.30. The molecule has 0 saturated carbocycles. The summed E-state index contributed by atoms with van der Waals surface area (Å²) in [5.41, 5.74) is 1.71. The monoisotopic (exact) mass is 238 g/mol. The lowest BCUT2D eigenvalue weighted by molar-refractivity contribution is 0.302. The summed E-state index contributed by atoms with van der Waals surface area (Å²) < 4.78 is 13.5. The van der Waals surface area contributed by atoms with E-state index in [1.807, 2.05) is 19.1 Å². The van der Waals surface area contributed by atoms with Gasteiger partial charge in [0.05, 0.1) is 0 Å². The van der Waals surface area contributed by atoms with E-state index >= 15 is 0 Å². The van der Waals surface area contributed by atoms with Crippen molar-refractivity contribution in [1.82, 2.24) is 10.2 Å². The Hall–Kier alpha value is -0.930. The molecule has 0 aliphatic carbocycles. The first-order valence-corrected chi connectivity index (χ1v) is 6.35.